The molecule has 1 aliphatic heterocycles. The second kappa shape index (κ2) is 6.40. The number of carbonyl (C=O) groups is 3. The molecule has 2 amide bonds. The fourth-order valence-corrected chi connectivity index (χ4v) is 5.78. The van der Waals surface area contributed by atoms with Crippen molar-refractivity contribution in [1.82, 2.24) is 5.01 Å². The average Bonchev–Trinajstić information content (AvgIpc) is 3.39. The van der Waals surface area contributed by atoms with Crippen LogP contribution in [-0.4, -0.2) is 29.0 Å². The molecule has 3 fully saturated rings. The summed E-state index contributed by atoms with van der Waals surface area (Å²) >= 11 is 5.88. The molecule has 2 aromatic rings. The topological polar surface area (TPSA) is 103 Å². The summed E-state index contributed by atoms with van der Waals surface area (Å²) in [5.74, 6) is -0.351. The van der Waals surface area contributed by atoms with Gasteiger partial charge in [0.15, 0.2) is 0 Å². The Labute approximate surface area is 182 Å². The lowest BCUT2D eigenvalue weighted by Gasteiger charge is -2.37. The number of hydrogen-bond acceptors (Lipinski definition) is 6. The van der Waals surface area contributed by atoms with Crippen LogP contribution in [0.3, 0.4) is 0 Å². The Bertz CT molecular complexity index is 1180. The number of hydrogen-bond donors (Lipinski definition) is 0. The molecule has 0 spiro atoms. The number of amides is 2. The summed E-state index contributed by atoms with van der Waals surface area (Å²) in [7, 11) is 0. The molecule has 7 rings (SSSR count). The number of aromatic carboxylic acids is 1. The number of hydrazone groups is 1. The monoisotopic (exact) mass is 435 g/mol. The molecule has 1 aromatic carbocycles. The Morgan fingerprint density at radius 1 is 1.10 bits per heavy atom. The molecule has 2 heterocycles. The molecule has 8 heteroatoms. The highest BCUT2D eigenvalue weighted by Gasteiger charge is 2.67. The van der Waals surface area contributed by atoms with Crippen molar-refractivity contribution < 1.29 is 23.9 Å². The molecule has 31 heavy (non-hydrogen) atoms. The van der Waals surface area contributed by atoms with Crippen molar-refractivity contribution in [3.63, 3.8) is 0 Å². The Hall–Kier alpha value is -3.19. The molecule has 0 N–H and O–H groups in total. The maximum atomic E-state index is 12.9. The third kappa shape index (κ3) is 2.66. The molecule has 0 unspecified atom stereocenters. The van der Waals surface area contributed by atoms with E-state index < -0.39 is 5.97 Å². The highest BCUT2D eigenvalue weighted by molar-refractivity contribution is 6.33. The van der Waals surface area contributed by atoms with Gasteiger partial charge in [-0.05, 0) is 60.4 Å². The molecule has 2 saturated carbocycles. The second-order valence-electron chi connectivity index (χ2n) is 8.57. The molecule has 1 aromatic heterocycles. The van der Waals surface area contributed by atoms with Crippen molar-refractivity contribution in [1.29, 1.82) is 0 Å². The first-order valence-corrected chi connectivity index (χ1v) is 10.5. The zero-order valence-corrected chi connectivity index (χ0v) is 16.9. The summed E-state index contributed by atoms with van der Waals surface area (Å²) in [6, 6.07) is 7.72. The summed E-state index contributed by atoms with van der Waals surface area (Å²) in [5.41, 5.74) is 0.368. The minimum absolute atomic E-state index is 0.0747. The van der Waals surface area contributed by atoms with Crippen LogP contribution in [0.2, 0.25) is 5.02 Å². The van der Waals surface area contributed by atoms with Gasteiger partial charge in [0, 0.05) is 16.1 Å². The van der Waals surface area contributed by atoms with E-state index in [0.717, 1.165) is 11.4 Å². The number of carboxylic acid groups (broad SMARTS) is 1. The van der Waals surface area contributed by atoms with Crippen molar-refractivity contribution in [2.75, 3.05) is 0 Å². The van der Waals surface area contributed by atoms with Gasteiger partial charge in [-0.1, -0.05) is 23.8 Å². The van der Waals surface area contributed by atoms with Crippen LogP contribution in [0.4, 0.5) is 0 Å². The van der Waals surface area contributed by atoms with Gasteiger partial charge in [0.05, 0.1) is 24.0 Å². The Kier molecular flexibility index (Phi) is 3.84. The van der Waals surface area contributed by atoms with Crippen LogP contribution in [-0.2, 0) is 9.59 Å². The molecule has 5 aliphatic rings. The maximum Gasteiger partial charge on any atom is 0.254 e. The average molecular weight is 436 g/mol. The second-order valence-corrected chi connectivity index (χ2v) is 8.98. The van der Waals surface area contributed by atoms with Crippen LogP contribution in [0.25, 0.3) is 11.3 Å². The number of carbonyl (C=O) groups excluding carboxylic acids is 3. The van der Waals surface area contributed by atoms with E-state index in [1.807, 2.05) is 0 Å². The van der Waals surface area contributed by atoms with Crippen LogP contribution >= 0.6 is 11.6 Å². The predicted molar refractivity (Wildman–Crippen MR) is 108 cm³/mol. The molecule has 2 bridgehead atoms. The Morgan fingerprint density at radius 2 is 1.77 bits per heavy atom. The maximum absolute atomic E-state index is 12.9. The highest BCUT2D eigenvalue weighted by Crippen LogP contribution is 2.65. The normalized spacial score (nSPS) is 32.6. The molecular formula is C23H16ClN2O5-. The Morgan fingerprint density at radius 3 is 2.42 bits per heavy atom. The van der Waals surface area contributed by atoms with Gasteiger partial charge in [-0.2, -0.15) is 10.1 Å². The third-order valence-electron chi connectivity index (χ3n) is 7.04. The zero-order chi connectivity index (χ0) is 21.4. The summed E-state index contributed by atoms with van der Waals surface area (Å²) in [6.45, 7) is 0. The van der Waals surface area contributed by atoms with E-state index in [9.17, 15) is 19.5 Å². The summed E-state index contributed by atoms with van der Waals surface area (Å²) in [6.07, 6.45) is 6.68. The number of benzene rings is 1. The van der Waals surface area contributed by atoms with E-state index in [4.69, 9.17) is 16.0 Å². The number of imide groups is 1. The van der Waals surface area contributed by atoms with Crippen LogP contribution in [0, 0.1) is 35.5 Å². The smallest absolute Gasteiger partial charge is 0.254 e. The van der Waals surface area contributed by atoms with E-state index in [1.165, 1.54) is 18.3 Å². The number of nitrogens with zero attached hydrogens (tertiary/aromatic N) is 2. The molecule has 156 valence electrons. The van der Waals surface area contributed by atoms with Gasteiger partial charge < -0.3 is 14.3 Å². The number of allylic oxidation sites excluding steroid dienone is 2. The predicted octanol–water partition coefficient (Wildman–Crippen LogP) is 2.35. The first-order valence-electron chi connectivity index (χ1n) is 10.2. The summed E-state index contributed by atoms with van der Waals surface area (Å²) < 4.78 is 5.70. The summed E-state index contributed by atoms with van der Waals surface area (Å²) in [5, 5.41) is 16.4. The molecule has 7 nitrogen and oxygen atoms in total. The van der Waals surface area contributed by atoms with Gasteiger partial charge in [0.2, 0.25) is 0 Å². The Balaban J connectivity index is 1.24. The van der Waals surface area contributed by atoms with E-state index >= 15 is 0 Å². The highest BCUT2D eigenvalue weighted by atomic mass is 35.5. The lowest BCUT2D eigenvalue weighted by molar-refractivity contribution is -0.255. The number of halogens is 1. The van der Waals surface area contributed by atoms with Crippen molar-refractivity contribution in [3.05, 3.63) is 58.8 Å². The van der Waals surface area contributed by atoms with Gasteiger partial charge >= 0.3 is 0 Å². The lowest BCUT2D eigenvalue weighted by Crippen LogP contribution is -2.40. The number of carboxylic acids is 1. The molecular weight excluding hydrogens is 420 g/mol. The molecule has 1 saturated heterocycles. The fourth-order valence-electron chi connectivity index (χ4n) is 5.58. The first-order chi connectivity index (χ1) is 14.9. The standard InChI is InChI=1S/C23H17ClN2O5/c24-17-5-1-10(7-16(17)23(29)30)18-6-2-11(31-18)9-25-26-21(27)19-12-3-4-13(15-8-14(12)15)20(19)22(26)28/h1-7,9,12-15,19-20H,8H2,(H,29,30)/p-1/b25-9-/t12-,13+,14-,15+,19-,20+. The van der Waals surface area contributed by atoms with Gasteiger partial charge in [0.1, 0.15) is 11.5 Å². The van der Waals surface area contributed by atoms with Gasteiger partial charge in [-0.15, -0.1) is 0 Å². The van der Waals surface area contributed by atoms with Crippen LogP contribution in [0.5, 0.6) is 0 Å². The summed E-state index contributed by atoms with van der Waals surface area (Å²) in [4.78, 5) is 37.1. The van der Waals surface area contributed by atoms with Gasteiger partial charge in [-0.3, -0.25) is 9.59 Å². The number of furan rings is 1. The SMILES string of the molecule is O=C([O-])c1cc(-c2ccc(/C=N\N3C(=O)[C@@H]4[C@@H]5C=C[C@@H]([C@@H]6C[C@H]56)[C@@H]4C3=O)o2)ccc1Cl. The molecule has 4 aliphatic carbocycles. The van der Waals surface area contributed by atoms with Crippen molar-refractivity contribution in [3.8, 4) is 11.3 Å². The van der Waals surface area contributed by atoms with Crippen molar-refractivity contribution in [2.45, 2.75) is 6.42 Å². The van der Waals surface area contributed by atoms with Crippen molar-refractivity contribution in [2.24, 2.45) is 40.6 Å². The van der Waals surface area contributed by atoms with Gasteiger partial charge in [0.25, 0.3) is 11.8 Å². The van der Waals surface area contributed by atoms with Gasteiger partial charge in [-0.25, -0.2) is 0 Å². The lowest BCUT2D eigenvalue weighted by atomic mass is 9.63. The van der Waals surface area contributed by atoms with Crippen LogP contribution in [0.15, 0.2) is 52.0 Å². The van der Waals surface area contributed by atoms with Crippen LogP contribution in [0.1, 0.15) is 22.5 Å². The van der Waals surface area contributed by atoms with E-state index in [-0.39, 0.29) is 46.1 Å². The number of rotatable bonds is 4. The largest absolute Gasteiger partial charge is 0.545 e. The van der Waals surface area contributed by atoms with E-state index in [2.05, 4.69) is 17.3 Å². The zero-order valence-electron chi connectivity index (χ0n) is 16.1. The van der Waals surface area contributed by atoms with E-state index in [1.54, 1.807) is 18.2 Å². The molecule has 6 atom stereocenters. The minimum atomic E-state index is -1.38. The fraction of sp³-hybridized carbons (Fsp3) is 0.304. The third-order valence-corrected chi connectivity index (χ3v) is 7.37. The minimum Gasteiger partial charge on any atom is -0.545 e. The van der Waals surface area contributed by atoms with Crippen molar-refractivity contribution >= 4 is 35.6 Å². The molecule has 0 radical (unpaired) electrons. The quantitative estimate of drug-likeness (QED) is 0.416. The first kappa shape index (κ1) is 18.6. The van der Waals surface area contributed by atoms with Crippen LogP contribution < -0.4 is 5.11 Å². The van der Waals surface area contributed by atoms with E-state index in [0.29, 0.717) is 28.9 Å².